The number of aliphatic hydroxyl groups excluding tert-OH is 2. The Morgan fingerprint density at radius 1 is 0.358 bits per heavy atom. The van der Waals surface area contributed by atoms with Crippen LogP contribution in [0.5, 0.6) is 11.5 Å². The number of phenolic OH excluding ortho intramolecular Hbond substituents is 2. The summed E-state index contributed by atoms with van der Waals surface area (Å²) in [5.74, 6) is -1.51. The molecule has 0 heterocycles. The van der Waals surface area contributed by atoms with Crippen LogP contribution in [-0.4, -0.2) is 66.1 Å². The molecule has 0 atom stereocenters. The first kappa shape index (κ1) is 54.3. The maximum Gasteiger partial charge on any atom is 0.172 e. The summed E-state index contributed by atoms with van der Waals surface area (Å²) >= 11 is 0. The Labute approximate surface area is 391 Å². The summed E-state index contributed by atoms with van der Waals surface area (Å²) in [6, 6.07) is 68.8. The summed E-state index contributed by atoms with van der Waals surface area (Å²) in [7, 11) is -7.88. The van der Waals surface area contributed by atoms with Gasteiger partial charge in [-0.15, -0.1) is 0 Å². The highest BCUT2D eigenvalue weighted by Gasteiger charge is 2.37. The van der Waals surface area contributed by atoms with Gasteiger partial charge in [0.15, 0.2) is 11.1 Å². The smallest absolute Gasteiger partial charge is 0.172 e. The SMILES string of the molecule is CO.CO.O.O=S(=O)([O-])c1cc(-c2ccc(O)c(S(=O)(=O)[O-])c2)ccc1O.[NH3+]C(c1ccccc1)(c1ccccc1)c1ccccc1.[NH3+]C(c1ccccc1)(c1ccccc1)c1ccccc1. The lowest BCUT2D eigenvalue weighted by atomic mass is 9.78. The molecule has 0 aliphatic carbocycles. The first-order valence-corrected chi connectivity index (χ1v) is 23.0. The topological polar surface area (TPSA) is 282 Å². The molecular weight excluding hydrogens is 893 g/mol. The van der Waals surface area contributed by atoms with Gasteiger partial charge in [-0.2, -0.15) is 0 Å². The number of hydrogen-bond donors (Lipinski definition) is 6. The number of hydrogen-bond acceptors (Lipinski definition) is 10. The van der Waals surface area contributed by atoms with Crippen LogP contribution in [0.15, 0.2) is 228 Å². The molecule has 0 saturated heterocycles. The van der Waals surface area contributed by atoms with E-state index in [0.717, 1.165) is 38.5 Å². The minimum Gasteiger partial charge on any atom is -0.744 e. The third-order valence-corrected chi connectivity index (χ3v) is 12.1. The molecule has 8 aromatic carbocycles. The summed E-state index contributed by atoms with van der Waals surface area (Å²) < 4.78 is 66.1. The number of aliphatic hydroxyl groups is 2. The second-order valence-electron chi connectivity index (χ2n) is 14.3. The van der Waals surface area contributed by atoms with Crippen molar-refractivity contribution in [1.29, 1.82) is 0 Å². The zero-order valence-electron chi connectivity index (χ0n) is 36.8. The predicted octanol–water partition coefficient (Wildman–Crippen LogP) is 5.41. The van der Waals surface area contributed by atoms with Gasteiger partial charge in [0.25, 0.3) is 0 Å². The first-order chi connectivity index (χ1) is 31.6. The van der Waals surface area contributed by atoms with Crippen LogP contribution in [-0.2, 0) is 31.3 Å². The second kappa shape index (κ2) is 25.0. The predicted molar refractivity (Wildman–Crippen MR) is 255 cm³/mol. The number of rotatable bonds is 9. The monoisotopic (exact) mass is 946 g/mol. The highest BCUT2D eigenvalue weighted by atomic mass is 32.2. The lowest BCUT2D eigenvalue weighted by Crippen LogP contribution is -2.71. The van der Waals surface area contributed by atoms with Gasteiger partial charge in [-0.3, -0.25) is 0 Å². The molecule has 13 nitrogen and oxygen atoms in total. The average molecular weight is 947 g/mol. The van der Waals surface area contributed by atoms with Gasteiger partial charge in [0.1, 0.15) is 31.7 Å². The summed E-state index contributed by atoms with van der Waals surface area (Å²) in [6.45, 7) is 0. The van der Waals surface area contributed by atoms with E-state index in [9.17, 15) is 36.2 Å². The van der Waals surface area contributed by atoms with Crippen LogP contribution >= 0.6 is 0 Å². The van der Waals surface area contributed by atoms with Gasteiger partial charge < -0.3 is 46.5 Å². The number of benzene rings is 8. The van der Waals surface area contributed by atoms with Gasteiger partial charge in [0.2, 0.25) is 0 Å². The van der Waals surface area contributed by atoms with E-state index < -0.39 is 41.5 Å². The van der Waals surface area contributed by atoms with Crippen LogP contribution in [0.4, 0.5) is 0 Å². The molecule has 0 aromatic heterocycles. The fourth-order valence-electron chi connectivity index (χ4n) is 7.12. The maximum absolute atomic E-state index is 11.0. The minimum atomic E-state index is -4.94. The standard InChI is InChI=1S/2C19H17N.C12H10O8S2.2CH4O.H2O/c2*20-19(16-10-4-1-5-11-16,17-12-6-2-7-13-17)18-14-8-3-9-15-18;13-9-3-1-7(5-11(9)21(15,16)17)8-2-4-10(14)12(6-8)22(18,19)20;2*1-2;/h2*1-15H,20H2;1-6,13-14H,(H,15,16,17)(H,18,19,20);2*2H,1H3;1H2. The molecule has 0 saturated carbocycles. The molecule has 8 aromatic rings. The third-order valence-electron chi connectivity index (χ3n) is 10.4. The summed E-state index contributed by atoms with van der Waals surface area (Å²) in [6.07, 6.45) is 0. The van der Waals surface area contributed by atoms with E-state index >= 15 is 0 Å². The summed E-state index contributed by atoms with van der Waals surface area (Å²) in [4.78, 5) is -1.77. The molecule has 67 heavy (non-hydrogen) atoms. The quantitative estimate of drug-likeness (QED) is 0.0791. The Hall–Kier alpha value is -7.02. The van der Waals surface area contributed by atoms with Crippen molar-refractivity contribution in [1.82, 2.24) is 0 Å². The minimum absolute atomic E-state index is 0. The third kappa shape index (κ3) is 13.5. The summed E-state index contributed by atoms with van der Waals surface area (Å²) in [5, 5.41) is 32.8. The van der Waals surface area contributed by atoms with Crippen LogP contribution in [0.2, 0.25) is 0 Å². The van der Waals surface area contributed by atoms with Crippen LogP contribution in [0.25, 0.3) is 11.1 Å². The van der Waals surface area contributed by atoms with Crippen molar-refractivity contribution in [2.24, 2.45) is 0 Å². The van der Waals surface area contributed by atoms with Gasteiger partial charge >= 0.3 is 0 Å². The van der Waals surface area contributed by atoms with E-state index in [-0.39, 0.29) is 27.7 Å². The molecule has 12 N–H and O–H groups in total. The molecule has 0 fully saturated rings. The maximum atomic E-state index is 11.0. The molecule has 0 unspecified atom stereocenters. The van der Waals surface area contributed by atoms with Crippen LogP contribution in [0.1, 0.15) is 33.4 Å². The van der Waals surface area contributed by atoms with Crippen molar-refractivity contribution < 1.29 is 63.3 Å². The van der Waals surface area contributed by atoms with Crippen molar-refractivity contribution >= 4 is 20.2 Å². The molecule has 350 valence electrons. The van der Waals surface area contributed by atoms with Crippen LogP contribution < -0.4 is 11.5 Å². The molecular formula is C52H54N2O11S2. The van der Waals surface area contributed by atoms with Crippen molar-refractivity contribution in [2.75, 3.05) is 14.2 Å². The number of phenols is 2. The number of aromatic hydroxyl groups is 2. The molecule has 8 rings (SSSR count). The average Bonchev–Trinajstić information content (AvgIpc) is 3.36. The Balaban J connectivity index is 0.000000255. The van der Waals surface area contributed by atoms with Gasteiger partial charge in [-0.25, -0.2) is 16.8 Å². The fourth-order valence-corrected chi connectivity index (χ4v) is 8.31. The summed E-state index contributed by atoms with van der Waals surface area (Å²) in [5.41, 5.74) is 15.8. The van der Waals surface area contributed by atoms with Gasteiger partial charge in [0.05, 0.1) is 9.79 Å². The Morgan fingerprint density at radius 2 is 0.537 bits per heavy atom. The molecule has 0 aliphatic heterocycles. The van der Waals surface area contributed by atoms with Crippen molar-refractivity contribution in [3.63, 3.8) is 0 Å². The molecule has 0 bridgehead atoms. The van der Waals surface area contributed by atoms with E-state index in [1.807, 2.05) is 36.4 Å². The number of quaternary nitrogens is 2. The Morgan fingerprint density at radius 3 is 0.701 bits per heavy atom. The Bertz CT molecular complexity index is 2540. The lowest BCUT2D eigenvalue weighted by molar-refractivity contribution is -0.455. The normalized spacial score (nSPS) is 10.9. The van der Waals surface area contributed by atoms with Crippen LogP contribution in [0.3, 0.4) is 0 Å². The highest BCUT2D eigenvalue weighted by molar-refractivity contribution is 7.86. The van der Waals surface area contributed by atoms with Gasteiger partial charge in [-0.1, -0.05) is 194 Å². The zero-order valence-corrected chi connectivity index (χ0v) is 38.4. The van der Waals surface area contributed by atoms with Gasteiger partial charge in [-0.05, 0) is 35.4 Å². The molecule has 0 amide bonds. The largest absolute Gasteiger partial charge is 0.744 e. The lowest BCUT2D eigenvalue weighted by Gasteiger charge is -2.27. The molecule has 0 aliphatic rings. The van der Waals surface area contributed by atoms with E-state index in [2.05, 4.69) is 157 Å². The van der Waals surface area contributed by atoms with Crippen molar-refractivity contribution in [2.45, 2.75) is 20.9 Å². The van der Waals surface area contributed by atoms with E-state index in [4.69, 9.17) is 10.2 Å². The second-order valence-corrected chi connectivity index (χ2v) is 17.0. The molecule has 15 heteroatoms. The van der Waals surface area contributed by atoms with Crippen molar-refractivity contribution in [3.8, 4) is 22.6 Å². The van der Waals surface area contributed by atoms with E-state index in [1.165, 1.54) is 45.5 Å². The Kier molecular flexibility index (Phi) is 20.3. The highest BCUT2D eigenvalue weighted by Crippen LogP contribution is 2.35. The molecule has 0 spiro atoms. The van der Waals surface area contributed by atoms with Crippen LogP contribution in [0, 0.1) is 0 Å². The van der Waals surface area contributed by atoms with Crippen molar-refractivity contribution in [3.05, 3.63) is 252 Å². The fraction of sp³-hybridized carbons (Fsp3) is 0.0769. The van der Waals surface area contributed by atoms with E-state index in [0.29, 0.717) is 0 Å². The zero-order chi connectivity index (χ0) is 48.4. The van der Waals surface area contributed by atoms with Gasteiger partial charge in [0, 0.05) is 47.6 Å². The molecule has 0 radical (unpaired) electrons. The first-order valence-electron chi connectivity index (χ1n) is 20.1. The van der Waals surface area contributed by atoms with E-state index in [1.54, 1.807) is 0 Å².